The number of hydrogen-bond donors (Lipinski definition) is 0. The number of rotatable bonds is 3. The van der Waals surface area contributed by atoms with Crippen molar-refractivity contribution >= 4 is 0 Å². The van der Waals surface area contributed by atoms with Crippen LogP contribution in [0, 0.1) is 23.7 Å². The van der Waals surface area contributed by atoms with Gasteiger partial charge < -0.3 is 9.47 Å². The van der Waals surface area contributed by atoms with E-state index in [1.807, 2.05) is 0 Å². The molecule has 3 fully saturated rings. The molecule has 2 heteroatoms. The van der Waals surface area contributed by atoms with Crippen molar-refractivity contribution in [2.45, 2.75) is 77.4 Å². The van der Waals surface area contributed by atoms with E-state index in [-0.39, 0.29) is 5.79 Å². The van der Waals surface area contributed by atoms with Crippen molar-refractivity contribution in [1.29, 1.82) is 0 Å². The van der Waals surface area contributed by atoms with Crippen molar-refractivity contribution in [3.8, 4) is 0 Å². The van der Waals surface area contributed by atoms with Gasteiger partial charge in [-0.2, -0.15) is 0 Å². The van der Waals surface area contributed by atoms with E-state index < -0.39 is 0 Å². The molecule has 0 aromatic heterocycles. The molecular weight excluding hydrogens is 248 g/mol. The molecule has 0 N–H and O–H groups in total. The van der Waals surface area contributed by atoms with Crippen LogP contribution in [-0.4, -0.2) is 19.0 Å². The van der Waals surface area contributed by atoms with E-state index in [0.29, 0.717) is 0 Å². The van der Waals surface area contributed by atoms with Gasteiger partial charge >= 0.3 is 0 Å². The van der Waals surface area contributed by atoms with Gasteiger partial charge in [0, 0.05) is 12.8 Å². The molecule has 0 amide bonds. The molecule has 3 aliphatic rings. The van der Waals surface area contributed by atoms with Crippen LogP contribution >= 0.6 is 0 Å². The first-order chi connectivity index (χ1) is 9.72. The van der Waals surface area contributed by atoms with E-state index in [1.165, 1.54) is 44.9 Å². The molecule has 1 saturated heterocycles. The first-order valence-corrected chi connectivity index (χ1v) is 9.00. The van der Waals surface area contributed by atoms with E-state index in [0.717, 1.165) is 49.7 Å². The second kappa shape index (κ2) is 6.36. The molecule has 3 rings (SSSR count). The number of ether oxygens (including phenoxy) is 2. The SMILES string of the molecule is CCCC1CCC(C2CCC3(CC2)OCCO3)CC1C. The summed E-state index contributed by atoms with van der Waals surface area (Å²) < 4.78 is 11.7. The van der Waals surface area contributed by atoms with Gasteiger partial charge in [0.2, 0.25) is 0 Å². The highest BCUT2D eigenvalue weighted by molar-refractivity contribution is 4.88. The predicted octanol–water partition coefficient (Wildman–Crippen LogP) is 4.77. The van der Waals surface area contributed by atoms with Crippen molar-refractivity contribution in [1.82, 2.24) is 0 Å². The zero-order chi connectivity index (χ0) is 14.0. The zero-order valence-electron chi connectivity index (χ0n) is 13.4. The van der Waals surface area contributed by atoms with E-state index >= 15 is 0 Å². The summed E-state index contributed by atoms with van der Waals surface area (Å²) in [5.74, 6) is 3.72. The Kier molecular flexibility index (Phi) is 4.72. The average molecular weight is 280 g/mol. The lowest BCUT2D eigenvalue weighted by atomic mass is 9.66. The molecule has 0 bridgehead atoms. The molecule has 1 heterocycles. The summed E-state index contributed by atoms with van der Waals surface area (Å²) in [7, 11) is 0. The van der Waals surface area contributed by atoms with Crippen LogP contribution in [-0.2, 0) is 9.47 Å². The summed E-state index contributed by atoms with van der Waals surface area (Å²) in [6, 6.07) is 0. The standard InChI is InChI=1S/C18H32O2/c1-3-4-15-5-6-17(13-14(15)2)16-7-9-18(10-8-16)19-11-12-20-18/h14-17H,3-13H2,1-2H3. The lowest BCUT2D eigenvalue weighted by molar-refractivity contribution is -0.185. The van der Waals surface area contributed by atoms with Gasteiger partial charge in [0.1, 0.15) is 0 Å². The summed E-state index contributed by atoms with van der Waals surface area (Å²) in [5, 5.41) is 0. The summed E-state index contributed by atoms with van der Waals surface area (Å²) >= 11 is 0. The topological polar surface area (TPSA) is 18.5 Å². The van der Waals surface area contributed by atoms with Crippen LogP contribution in [0.3, 0.4) is 0 Å². The van der Waals surface area contributed by atoms with Crippen molar-refractivity contribution in [3.05, 3.63) is 0 Å². The lowest BCUT2D eigenvalue weighted by Gasteiger charge is -2.42. The van der Waals surface area contributed by atoms with E-state index in [4.69, 9.17) is 9.47 Å². The fraction of sp³-hybridized carbons (Fsp3) is 1.00. The third-order valence-electron chi connectivity index (χ3n) is 6.32. The predicted molar refractivity (Wildman–Crippen MR) is 81.5 cm³/mol. The van der Waals surface area contributed by atoms with Gasteiger partial charge in [-0.1, -0.05) is 26.7 Å². The van der Waals surface area contributed by atoms with Crippen LogP contribution in [0.2, 0.25) is 0 Å². The fourth-order valence-corrected chi connectivity index (χ4v) is 5.07. The maximum Gasteiger partial charge on any atom is 0.168 e. The summed E-state index contributed by atoms with van der Waals surface area (Å²) in [5.41, 5.74) is 0. The van der Waals surface area contributed by atoms with Crippen molar-refractivity contribution < 1.29 is 9.47 Å². The Bertz CT molecular complexity index is 299. The minimum absolute atomic E-state index is 0.165. The third-order valence-corrected chi connectivity index (χ3v) is 6.32. The molecule has 3 unspecified atom stereocenters. The lowest BCUT2D eigenvalue weighted by Crippen LogP contribution is -2.38. The molecule has 1 aliphatic heterocycles. The van der Waals surface area contributed by atoms with Crippen molar-refractivity contribution in [3.63, 3.8) is 0 Å². The molecule has 20 heavy (non-hydrogen) atoms. The van der Waals surface area contributed by atoms with E-state index in [9.17, 15) is 0 Å². The quantitative estimate of drug-likeness (QED) is 0.741. The van der Waals surface area contributed by atoms with Crippen LogP contribution < -0.4 is 0 Å². The average Bonchev–Trinajstić information content (AvgIpc) is 2.91. The normalized spacial score (nSPS) is 38.4. The second-order valence-electron chi connectivity index (χ2n) is 7.54. The minimum atomic E-state index is -0.165. The highest BCUT2D eigenvalue weighted by atomic mass is 16.7. The van der Waals surface area contributed by atoms with Gasteiger partial charge in [-0.05, 0) is 55.8 Å². The highest BCUT2D eigenvalue weighted by Crippen LogP contribution is 2.46. The smallest absolute Gasteiger partial charge is 0.168 e. The Morgan fingerprint density at radius 3 is 2.25 bits per heavy atom. The third kappa shape index (κ3) is 3.06. The van der Waals surface area contributed by atoms with Gasteiger partial charge in [-0.15, -0.1) is 0 Å². The number of hydrogen-bond acceptors (Lipinski definition) is 2. The molecule has 2 aliphatic carbocycles. The second-order valence-corrected chi connectivity index (χ2v) is 7.54. The van der Waals surface area contributed by atoms with Gasteiger partial charge in [0.05, 0.1) is 13.2 Å². The largest absolute Gasteiger partial charge is 0.348 e. The molecule has 2 nitrogen and oxygen atoms in total. The Hall–Kier alpha value is -0.0800. The summed E-state index contributed by atoms with van der Waals surface area (Å²) in [6.45, 7) is 6.45. The molecule has 0 aromatic carbocycles. The van der Waals surface area contributed by atoms with Crippen LogP contribution in [0.4, 0.5) is 0 Å². The Labute approximate surface area is 124 Å². The van der Waals surface area contributed by atoms with Crippen LogP contribution in [0.25, 0.3) is 0 Å². The van der Waals surface area contributed by atoms with E-state index in [2.05, 4.69) is 13.8 Å². The Morgan fingerprint density at radius 2 is 1.65 bits per heavy atom. The fourth-order valence-electron chi connectivity index (χ4n) is 5.07. The van der Waals surface area contributed by atoms with Crippen LogP contribution in [0.5, 0.6) is 0 Å². The summed E-state index contributed by atoms with van der Waals surface area (Å²) in [4.78, 5) is 0. The van der Waals surface area contributed by atoms with Gasteiger partial charge in [-0.25, -0.2) is 0 Å². The summed E-state index contributed by atoms with van der Waals surface area (Å²) in [6.07, 6.45) is 12.2. The molecule has 1 spiro atoms. The maximum absolute atomic E-state index is 5.86. The maximum atomic E-state index is 5.86. The first kappa shape index (κ1) is 14.8. The molecule has 116 valence electrons. The Morgan fingerprint density at radius 1 is 0.950 bits per heavy atom. The van der Waals surface area contributed by atoms with Crippen LogP contribution in [0.1, 0.15) is 71.6 Å². The molecule has 2 saturated carbocycles. The zero-order valence-corrected chi connectivity index (χ0v) is 13.4. The minimum Gasteiger partial charge on any atom is -0.348 e. The van der Waals surface area contributed by atoms with Crippen molar-refractivity contribution in [2.75, 3.05) is 13.2 Å². The highest BCUT2D eigenvalue weighted by Gasteiger charge is 2.42. The first-order valence-electron chi connectivity index (χ1n) is 9.00. The molecule has 0 aromatic rings. The van der Waals surface area contributed by atoms with Gasteiger partial charge in [0.15, 0.2) is 5.79 Å². The van der Waals surface area contributed by atoms with Crippen molar-refractivity contribution in [2.24, 2.45) is 23.7 Å². The van der Waals surface area contributed by atoms with Crippen LogP contribution in [0.15, 0.2) is 0 Å². The molecular formula is C18H32O2. The molecule has 0 radical (unpaired) electrons. The van der Waals surface area contributed by atoms with Gasteiger partial charge in [-0.3, -0.25) is 0 Å². The van der Waals surface area contributed by atoms with E-state index in [1.54, 1.807) is 0 Å². The Balaban J connectivity index is 1.49. The molecule has 3 atom stereocenters. The monoisotopic (exact) mass is 280 g/mol. The van der Waals surface area contributed by atoms with Gasteiger partial charge in [0.25, 0.3) is 0 Å².